The Morgan fingerprint density at radius 1 is 1.50 bits per heavy atom. The first-order chi connectivity index (χ1) is 6.77. The summed E-state index contributed by atoms with van der Waals surface area (Å²) in [7, 11) is 1.58. The van der Waals surface area contributed by atoms with Crippen molar-refractivity contribution in [2.24, 2.45) is 0 Å². The molecule has 0 saturated carbocycles. The van der Waals surface area contributed by atoms with E-state index in [4.69, 9.17) is 4.74 Å². The molecule has 1 rings (SSSR count). The quantitative estimate of drug-likeness (QED) is 0.672. The molecule has 4 nitrogen and oxygen atoms in total. The van der Waals surface area contributed by atoms with Gasteiger partial charge in [0.05, 0.1) is 13.2 Å². The summed E-state index contributed by atoms with van der Waals surface area (Å²) in [4.78, 5) is 10.00. The largest absolute Gasteiger partial charge is 0.497 e. The molecule has 1 unspecified atom stereocenters. The minimum Gasteiger partial charge on any atom is -0.497 e. The molecule has 0 spiro atoms. The molecule has 1 aromatic carbocycles. The predicted molar refractivity (Wildman–Crippen MR) is 52.0 cm³/mol. The summed E-state index contributed by atoms with van der Waals surface area (Å²) < 4.78 is 4.98. The van der Waals surface area contributed by atoms with Crippen LogP contribution in [0.5, 0.6) is 5.75 Å². The Morgan fingerprint density at radius 2 is 2.14 bits per heavy atom. The van der Waals surface area contributed by atoms with Crippen LogP contribution in [0.1, 0.15) is 11.7 Å². The van der Waals surface area contributed by atoms with Gasteiger partial charge in [0.2, 0.25) is 6.41 Å². The van der Waals surface area contributed by atoms with E-state index in [-0.39, 0.29) is 6.54 Å². The van der Waals surface area contributed by atoms with Gasteiger partial charge in [-0.15, -0.1) is 0 Å². The van der Waals surface area contributed by atoms with Crippen LogP contribution in [0.15, 0.2) is 24.3 Å². The average Bonchev–Trinajstić information content (AvgIpc) is 2.26. The van der Waals surface area contributed by atoms with Gasteiger partial charge in [-0.25, -0.2) is 0 Å². The van der Waals surface area contributed by atoms with Gasteiger partial charge < -0.3 is 15.2 Å². The van der Waals surface area contributed by atoms with Crippen LogP contribution in [0.25, 0.3) is 0 Å². The van der Waals surface area contributed by atoms with E-state index in [0.29, 0.717) is 6.41 Å². The zero-order valence-electron chi connectivity index (χ0n) is 7.93. The first-order valence-electron chi connectivity index (χ1n) is 4.27. The summed E-state index contributed by atoms with van der Waals surface area (Å²) in [5.41, 5.74) is 0.750. The normalized spacial score (nSPS) is 11.9. The molecule has 2 N–H and O–H groups in total. The lowest BCUT2D eigenvalue weighted by atomic mass is 10.1. The van der Waals surface area contributed by atoms with Gasteiger partial charge in [-0.3, -0.25) is 4.79 Å². The Kier molecular flexibility index (Phi) is 3.94. The lowest BCUT2D eigenvalue weighted by Crippen LogP contribution is -2.19. The van der Waals surface area contributed by atoms with E-state index in [1.807, 2.05) is 0 Å². The Hall–Kier alpha value is -1.55. The van der Waals surface area contributed by atoms with E-state index in [2.05, 4.69) is 5.32 Å². The Balaban J connectivity index is 2.61. The van der Waals surface area contributed by atoms with Crippen LogP contribution < -0.4 is 10.1 Å². The molecule has 0 radical (unpaired) electrons. The summed E-state index contributed by atoms with van der Waals surface area (Å²) >= 11 is 0. The third-order valence-corrected chi connectivity index (χ3v) is 1.90. The highest BCUT2D eigenvalue weighted by Gasteiger charge is 2.05. The highest BCUT2D eigenvalue weighted by molar-refractivity contribution is 5.46. The number of hydrogen-bond donors (Lipinski definition) is 2. The van der Waals surface area contributed by atoms with Crippen molar-refractivity contribution in [2.45, 2.75) is 6.10 Å². The number of hydrogen-bond acceptors (Lipinski definition) is 3. The van der Waals surface area contributed by atoms with Crippen LogP contribution in [-0.4, -0.2) is 25.2 Å². The molecule has 0 saturated heterocycles. The molecule has 0 aliphatic rings. The molecule has 0 aliphatic carbocycles. The topological polar surface area (TPSA) is 58.6 Å². The molecule has 0 fully saturated rings. The summed E-state index contributed by atoms with van der Waals surface area (Å²) in [5, 5.41) is 12.0. The monoisotopic (exact) mass is 195 g/mol. The molecule has 14 heavy (non-hydrogen) atoms. The summed E-state index contributed by atoms with van der Waals surface area (Å²) in [6.07, 6.45) is -0.113. The van der Waals surface area contributed by atoms with Crippen LogP contribution >= 0.6 is 0 Å². The van der Waals surface area contributed by atoms with Crippen molar-refractivity contribution < 1.29 is 14.6 Å². The molecule has 1 aromatic rings. The second kappa shape index (κ2) is 5.24. The predicted octanol–water partition coefficient (Wildman–Crippen LogP) is 0.475. The third-order valence-electron chi connectivity index (χ3n) is 1.90. The third kappa shape index (κ3) is 2.74. The lowest BCUT2D eigenvalue weighted by molar-refractivity contribution is -0.109. The van der Waals surface area contributed by atoms with Crippen molar-refractivity contribution in [3.05, 3.63) is 29.8 Å². The number of methoxy groups -OCH3 is 1. The molecular weight excluding hydrogens is 182 g/mol. The van der Waals surface area contributed by atoms with Gasteiger partial charge in [-0.05, 0) is 17.7 Å². The van der Waals surface area contributed by atoms with Crippen LogP contribution in [0.2, 0.25) is 0 Å². The van der Waals surface area contributed by atoms with Crippen LogP contribution in [0, 0.1) is 0 Å². The second-order valence-corrected chi connectivity index (χ2v) is 2.82. The maximum absolute atomic E-state index is 10.00. The maximum Gasteiger partial charge on any atom is 0.207 e. The van der Waals surface area contributed by atoms with Crippen molar-refractivity contribution >= 4 is 6.41 Å². The Bertz CT molecular complexity index is 284. The first-order valence-corrected chi connectivity index (χ1v) is 4.27. The van der Waals surface area contributed by atoms with Crippen LogP contribution in [-0.2, 0) is 4.79 Å². The van der Waals surface area contributed by atoms with E-state index in [1.165, 1.54) is 0 Å². The van der Waals surface area contributed by atoms with Gasteiger partial charge in [0, 0.05) is 6.54 Å². The highest BCUT2D eigenvalue weighted by atomic mass is 16.5. The van der Waals surface area contributed by atoms with Crippen molar-refractivity contribution in [1.29, 1.82) is 0 Å². The number of benzene rings is 1. The standard InChI is InChI=1S/C10H13NO3/c1-14-9-4-2-8(3-5-9)10(13)6-11-7-12/h2-5,7,10,13H,6H2,1H3,(H,11,12). The van der Waals surface area contributed by atoms with Crippen LogP contribution in [0.4, 0.5) is 0 Å². The highest BCUT2D eigenvalue weighted by Crippen LogP contribution is 2.16. The maximum atomic E-state index is 10.00. The van der Waals surface area contributed by atoms with Gasteiger partial charge in [0.1, 0.15) is 5.75 Å². The fourth-order valence-corrected chi connectivity index (χ4v) is 1.10. The van der Waals surface area contributed by atoms with Gasteiger partial charge in [-0.1, -0.05) is 12.1 Å². The average molecular weight is 195 g/mol. The number of aliphatic hydroxyl groups is 1. The fourth-order valence-electron chi connectivity index (χ4n) is 1.10. The number of amides is 1. The molecule has 1 amide bonds. The van der Waals surface area contributed by atoms with Crippen molar-refractivity contribution in [1.82, 2.24) is 5.32 Å². The molecule has 0 bridgehead atoms. The molecule has 0 heterocycles. The van der Waals surface area contributed by atoms with E-state index in [1.54, 1.807) is 31.4 Å². The first kappa shape index (κ1) is 10.5. The van der Waals surface area contributed by atoms with Gasteiger partial charge >= 0.3 is 0 Å². The minimum atomic E-state index is -0.675. The van der Waals surface area contributed by atoms with Gasteiger partial charge in [0.25, 0.3) is 0 Å². The molecule has 4 heteroatoms. The Morgan fingerprint density at radius 3 is 2.64 bits per heavy atom. The molecule has 0 aromatic heterocycles. The minimum absolute atomic E-state index is 0.218. The molecular formula is C10H13NO3. The summed E-state index contributed by atoms with van der Waals surface area (Å²) in [6.45, 7) is 0.218. The number of aliphatic hydroxyl groups excluding tert-OH is 1. The van der Waals surface area contributed by atoms with Gasteiger partial charge in [0.15, 0.2) is 0 Å². The number of carbonyl (C=O) groups is 1. The molecule has 76 valence electrons. The number of ether oxygens (including phenoxy) is 1. The fraction of sp³-hybridized carbons (Fsp3) is 0.300. The van der Waals surface area contributed by atoms with E-state index >= 15 is 0 Å². The van der Waals surface area contributed by atoms with Crippen molar-refractivity contribution in [2.75, 3.05) is 13.7 Å². The van der Waals surface area contributed by atoms with Crippen molar-refractivity contribution in [3.8, 4) is 5.75 Å². The van der Waals surface area contributed by atoms with Gasteiger partial charge in [-0.2, -0.15) is 0 Å². The Labute approximate surface area is 82.5 Å². The molecule has 0 aliphatic heterocycles. The summed E-state index contributed by atoms with van der Waals surface area (Å²) in [6, 6.07) is 7.05. The lowest BCUT2D eigenvalue weighted by Gasteiger charge is -2.10. The van der Waals surface area contributed by atoms with E-state index in [0.717, 1.165) is 11.3 Å². The van der Waals surface area contributed by atoms with Crippen LogP contribution in [0.3, 0.4) is 0 Å². The second-order valence-electron chi connectivity index (χ2n) is 2.82. The van der Waals surface area contributed by atoms with E-state index in [9.17, 15) is 9.90 Å². The number of nitrogens with one attached hydrogen (secondary N) is 1. The smallest absolute Gasteiger partial charge is 0.207 e. The summed E-state index contributed by atoms with van der Waals surface area (Å²) in [5.74, 6) is 0.740. The SMILES string of the molecule is COc1ccc(C(O)CNC=O)cc1. The molecule has 1 atom stereocenters. The zero-order valence-corrected chi connectivity index (χ0v) is 7.93. The van der Waals surface area contributed by atoms with E-state index < -0.39 is 6.10 Å². The van der Waals surface area contributed by atoms with Crippen molar-refractivity contribution in [3.63, 3.8) is 0 Å². The number of carbonyl (C=O) groups excluding carboxylic acids is 1. The zero-order chi connectivity index (χ0) is 10.4. The number of rotatable bonds is 5.